The summed E-state index contributed by atoms with van der Waals surface area (Å²) in [7, 11) is 0. The van der Waals surface area contributed by atoms with Crippen molar-refractivity contribution < 1.29 is 14.3 Å². The number of fused-ring (bicyclic) bond motifs is 2. The van der Waals surface area contributed by atoms with Gasteiger partial charge in [0, 0.05) is 5.39 Å². The maximum atomic E-state index is 12.9. The molecule has 1 aromatic heterocycles. The van der Waals surface area contributed by atoms with Crippen molar-refractivity contribution in [3.63, 3.8) is 0 Å². The van der Waals surface area contributed by atoms with Crippen LogP contribution in [0.2, 0.25) is 0 Å². The number of anilines is 1. The lowest BCUT2D eigenvalue weighted by molar-refractivity contribution is 0.0924. The van der Waals surface area contributed by atoms with Gasteiger partial charge in [-0.1, -0.05) is 36.4 Å². The topological polar surface area (TPSA) is 59.5 Å². The van der Waals surface area contributed by atoms with E-state index in [0.717, 1.165) is 10.3 Å². The van der Waals surface area contributed by atoms with Crippen LogP contribution < -0.4 is 9.64 Å². The molecule has 1 aliphatic rings. The zero-order chi connectivity index (χ0) is 19.1. The average molecular weight is 366 g/mol. The van der Waals surface area contributed by atoms with Crippen LogP contribution in [0.15, 0.2) is 84.9 Å². The SMILES string of the molecule is O=C1c2cc3ccccc3nc2C(=O)N1c1ccc(Oc2ccccc2)cc1. The summed E-state index contributed by atoms with van der Waals surface area (Å²) in [4.78, 5) is 31.3. The summed E-state index contributed by atoms with van der Waals surface area (Å²) in [6.07, 6.45) is 0. The Morgan fingerprint density at radius 3 is 2.18 bits per heavy atom. The number of para-hydroxylation sites is 2. The lowest BCUT2D eigenvalue weighted by Crippen LogP contribution is -2.29. The Hall–Kier alpha value is -3.99. The number of benzene rings is 3. The van der Waals surface area contributed by atoms with Gasteiger partial charge in [0.2, 0.25) is 0 Å². The molecule has 0 bridgehead atoms. The molecule has 5 nitrogen and oxygen atoms in total. The van der Waals surface area contributed by atoms with E-state index in [2.05, 4.69) is 4.98 Å². The third-order valence-corrected chi connectivity index (χ3v) is 4.64. The van der Waals surface area contributed by atoms with Crippen LogP contribution >= 0.6 is 0 Å². The standard InChI is InChI=1S/C23H14N2O3/c26-22-19-14-15-6-4-5-9-20(15)24-21(19)23(27)25(22)16-10-12-18(13-11-16)28-17-7-2-1-3-8-17/h1-14H. The molecule has 4 aromatic rings. The molecule has 0 saturated heterocycles. The zero-order valence-corrected chi connectivity index (χ0v) is 14.7. The van der Waals surface area contributed by atoms with Crippen LogP contribution in [-0.4, -0.2) is 16.8 Å². The van der Waals surface area contributed by atoms with E-state index >= 15 is 0 Å². The van der Waals surface area contributed by atoms with Crippen molar-refractivity contribution in [2.45, 2.75) is 0 Å². The average Bonchev–Trinajstić information content (AvgIpc) is 2.98. The van der Waals surface area contributed by atoms with Crippen molar-refractivity contribution in [1.29, 1.82) is 0 Å². The smallest absolute Gasteiger partial charge is 0.284 e. The van der Waals surface area contributed by atoms with Crippen LogP contribution in [0.3, 0.4) is 0 Å². The number of rotatable bonds is 3. The Kier molecular flexibility index (Phi) is 3.66. The first kappa shape index (κ1) is 16.2. The molecule has 5 rings (SSSR count). The summed E-state index contributed by atoms with van der Waals surface area (Å²) in [5, 5.41) is 0.829. The maximum Gasteiger partial charge on any atom is 0.284 e. The van der Waals surface area contributed by atoms with E-state index in [0.29, 0.717) is 28.3 Å². The molecule has 134 valence electrons. The summed E-state index contributed by atoms with van der Waals surface area (Å²) in [5.41, 5.74) is 1.69. The molecule has 1 aliphatic heterocycles. The molecule has 0 radical (unpaired) electrons. The van der Waals surface area contributed by atoms with Gasteiger partial charge in [0.05, 0.1) is 16.8 Å². The van der Waals surface area contributed by atoms with Crippen molar-refractivity contribution >= 4 is 28.4 Å². The van der Waals surface area contributed by atoms with Crippen LogP contribution in [-0.2, 0) is 0 Å². The minimum Gasteiger partial charge on any atom is -0.457 e. The van der Waals surface area contributed by atoms with Crippen molar-refractivity contribution in [3.8, 4) is 11.5 Å². The van der Waals surface area contributed by atoms with Gasteiger partial charge in [-0.2, -0.15) is 0 Å². The fourth-order valence-electron chi connectivity index (χ4n) is 3.28. The molecule has 3 aromatic carbocycles. The van der Waals surface area contributed by atoms with Crippen LogP contribution in [0.4, 0.5) is 5.69 Å². The van der Waals surface area contributed by atoms with Crippen LogP contribution in [0.25, 0.3) is 10.9 Å². The molecular weight excluding hydrogens is 352 g/mol. The highest BCUT2D eigenvalue weighted by atomic mass is 16.5. The number of nitrogens with zero attached hydrogens (tertiary/aromatic N) is 2. The first-order valence-electron chi connectivity index (χ1n) is 8.82. The predicted octanol–water partition coefficient (Wildman–Crippen LogP) is 4.83. The summed E-state index contributed by atoms with van der Waals surface area (Å²) in [5.74, 6) is 0.555. The largest absolute Gasteiger partial charge is 0.457 e. The lowest BCUT2D eigenvalue weighted by Gasteiger charge is -2.14. The molecule has 28 heavy (non-hydrogen) atoms. The Morgan fingerprint density at radius 2 is 1.39 bits per heavy atom. The van der Waals surface area contributed by atoms with Gasteiger partial charge in [-0.15, -0.1) is 0 Å². The van der Waals surface area contributed by atoms with E-state index in [1.54, 1.807) is 30.3 Å². The van der Waals surface area contributed by atoms with Gasteiger partial charge in [0.1, 0.15) is 17.2 Å². The van der Waals surface area contributed by atoms with Gasteiger partial charge in [-0.05, 0) is 48.5 Å². The van der Waals surface area contributed by atoms with Crippen molar-refractivity contribution in [1.82, 2.24) is 4.98 Å². The van der Waals surface area contributed by atoms with Crippen molar-refractivity contribution in [3.05, 3.63) is 96.2 Å². The second-order valence-electron chi connectivity index (χ2n) is 6.43. The summed E-state index contributed by atoms with van der Waals surface area (Å²) < 4.78 is 5.76. The first-order chi connectivity index (χ1) is 13.7. The molecule has 2 heterocycles. The quantitative estimate of drug-likeness (QED) is 0.487. The van der Waals surface area contributed by atoms with Crippen LogP contribution in [0.1, 0.15) is 20.8 Å². The van der Waals surface area contributed by atoms with Gasteiger partial charge in [0.15, 0.2) is 0 Å². The van der Waals surface area contributed by atoms with E-state index in [9.17, 15) is 9.59 Å². The molecule has 0 N–H and O–H groups in total. The van der Waals surface area contributed by atoms with Crippen LogP contribution in [0.5, 0.6) is 11.5 Å². The third-order valence-electron chi connectivity index (χ3n) is 4.64. The number of hydrogen-bond donors (Lipinski definition) is 0. The highest BCUT2D eigenvalue weighted by molar-refractivity contribution is 6.34. The highest BCUT2D eigenvalue weighted by Gasteiger charge is 2.38. The molecular formula is C23H14N2O3. The summed E-state index contributed by atoms with van der Waals surface area (Å²) >= 11 is 0. The maximum absolute atomic E-state index is 12.9. The fourth-order valence-corrected chi connectivity index (χ4v) is 3.28. The van der Waals surface area contributed by atoms with Crippen molar-refractivity contribution in [2.24, 2.45) is 0 Å². The number of hydrogen-bond acceptors (Lipinski definition) is 4. The molecule has 2 amide bonds. The molecule has 5 heteroatoms. The van der Waals surface area contributed by atoms with Crippen LogP contribution in [0, 0.1) is 0 Å². The van der Waals surface area contributed by atoms with Gasteiger partial charge < -0.3 is 4.74 Å². The molecule has 0 unspecified atom stereocenters. The van der Waals surface area contributed by atoms with E-state index in [4.69, 9.17) is 4.74 Å². The normalized spacial score (nSPS) is 13.1. The highest BCUT2D eigenvalue weighted by Crippen LogP contribution is 2.31. The molecule has 0 saturated carbocycles. The zero-order valence-electron chi connectivity index (χ0n) is 14.7. The minimum atomic E-state index is -0.414. The Morgan fingerprint density at radius 1 is 0.714 bits per heavy atom. The number of aromatic nitrogens is 1. The number of imide groups is 1. The second kappa shape index (κ2) is 6.32. The fraction of sp³-hybridized carbons (Fsp3) is 0. The van der Waals surface area contributed by atoms with E-state index in [-0.39, 0.29) is 11.6 Å². The molecule has 0 fully saturated rings. The minimum absolute atomic E-state index is 0.188. The summed E-state index contributed by atoms with van der Waals surface area (Å²) in [6, 6.07) is 25.4. The third kappa shape index (κ3) is 2.61. The molecule has 0 atom stereocenters. The Labute approximate surface area is 160 Å². The van der Waals surface area contributed by atoms with E-state index in [1.165, 1.54) is 0 Å². The number of carbonyl (C=O) groups excluding carboxylic acids is 2. The number of ether oxygens (including phenoxy) is 1. The van der Waals surface area contributed by atoms with E-state index in [1.807, 2.05) is 54.6 Å². The molecule has 0 aliphatic carbocycles. The predicted molar refractivity (Wildman–Crippen MR) is 106 cm³/mol. The van der Waals surface area contributed by atoms with Gasteiger partial charge >= 0.3 is 0 Å². The van der Waals surface area contributed by atoms with Crippen molar-refractivity contribution in [2.75, 3.05) is 4.90 Å². The Bertz CT molecular complexity index is 1160. The monoisotopic (exact) mass is 366 g/mol. The lowest BCUT2D eigenvalue weighted by atomic mass is 10.1. The van der Waals surface area contributed by atoms with Gasteiger partial charge in [0.25, 0.3) is 11.8 Å². The number of carbonyl (C=O) groups is 2. The van der Waals surface area contributed by atoms with Gasteiger partial charge in [-0.3, -0.25) is 9.59 Å². The Balaban J connectivity index is 1.47. The van der Waals surface area contributed by atoms with Gasteiger partial charge in [-0.25, -0.2) is 9.88 Å². The van der Waals surface area contributed by atoms with E-state index < -0.39 is 5.91 Å². The number of amides is 2. The molecule has 0 spiro atoms. The second-order valence-corrected chi connectivity index (χ2v) is 6.43. The summed E-state index contributed by atoms with van der Waals surface area (Å²) in [6.45, 7) is 0. The first-order valence-corrected chi connectivity index (χ1v) is 8.82. The number of pyridine rings is 1.